The summed E-state index contributed by atoms with van der Waals surface area (Å²) < 4.78 is 5.71. The second kappa shape index (κ2) is 6.87. The van der Waals surface area contributed by atoms with Gasteiger partial charge in [0, 0.05) is 6.54 Å². The average molecular weight is 288 g/mol. The molecule has 0 radical (unpaired) electrons. The lowest BCUT2D eigenvalue weighted by Crippen LogP contribution is -1.98. The number of benzene rings is 1. The number of rotatable bonds is 6. The first kappa shape index (κ1) is 14.3. The molecule has 0 aliphatic rings. The molecule has 0 unspecified atom stereocenters. The fourth-order valence-corrected chi connectivity index (χ4v) is 2.26. The minimum atomic E-state index is 0.362. The van der Waals surface area contributed by atoms with Gasteiger partial charge in [-0.2, -0.15) is 5.26 Å². The van der Waals surface area contributed by atoms with Crippen molar-refractivity contribution in [3.8, 4) is 11.8 Å². The van der Waals surface area contributed by atoms with Gasteiger partial charge in [-0.05, 0) is 31.0 Å². The van der Waals surface area contributed by atoms with Gasteiger partial charge in [-0.15, -0.1) is 10.2 Å². The van der Waals surface area contributed by atoms with Crippen LogP contribution in [0.1, 0.15) is 29.5 Å². The maximum absolute atomic E-state index is 8.89. The van der Waals surface area contributed by atoms with E-state index >= 15 is 0 Å². The lowest BCUT2D eigenvalue weighted by Gasteiger charge is -2.07. The summed E-state index contributed by atoms with van der Waals surface area (Å²) in [6.07, 6.45) is 1.05. The van der Waals surface area contributed by atoms with Gasteiger partial charge in [-0.1, -0.05) is 24.3 Å². The first-order valence-electron chi connectivity index (χ1n) is 6.42. The standard InChI is InChI=1S/C14H16N4OS/c1-3-6-16-14-18-17-13(20-14)9-19-12-7-11(8-15)5-4-10(12)2/h4-5,7H,3,6,9H2,1-2H3,(H,16,18). The minimum Gasteiger partial charge on any atom is -0.486 e. The molecule has 0 saturated carbocycles. The number of hydrogen-bond acceptors (Lipinski definition) is 6. The zero-order valence-corrected chi connectivity index (χ0v) is 12.3. The van der Waals surface area contributed by atoms with Crippen molar-refractivity contribution in [2.24, 2.45) is 0 Å². The molecule has 2 aromatic rings. The lowest BCUT2D eigenvalue weighted by molar-refractivity contribution is 0.302. The maximum Gasteiger partial charge on any atom is 0.205 e. The molecule has 1 aromatic heterocycles. The number of aryl methyl sites for hydroxylation is 1. The molecule has 5 nitrogen and oxygen atoms in total. The van der Waals surface area contributed by atoms with Crippen molar-refractivity contribution in [1.82, 2.24) is 10.2 Å². The highest BCUT2D eigenvalue weighted by atomic mass is 32.1. The van der Waals surface area contributed by atoms with Gasteiger partial charge < -0.3 is 10.1 Å². The molecule has 104 valence electrons. The first-order chi connectivity index (χ1) is 9.72. The van der Waals surface area contributed by atoms with Crippen LogP contribution >= 0.6 is 11.3 Å². The van der Waals surface area contributed by atoms with E-state index in [-0.39, 0.29) is 0 Å². The second-order valence-electron chi connectivity index (χ2n) is 4.31. The number of anilines is 1. The molecule has 20 heavy (non-hydrogen) atoms. The fraction of sp³-hybridized carbons (Fsp3) is 0.357. The van der Waals surface area contributed by atoms with Crippen molar-refractivity contribution in [3.05, 3.63) is 34.3 Å². The molecule has 1 N–H and O–H groups in total. The lowest BCUT2D eigenvalue weighted by atomic mass is 10.1. The van der Waals surface area contributed by atoms with Gasteiger partial charge in [0.25, 0.3) is 0 Å². The Kier molecular flexibility index (Phi) is 4.91. The summed E-state index contributed by atoms with van der Waals surface area (Å²) in [5.74, 6) is 0.710. The zero-order valence-electron chi connectivity index (χ0n) is 11.5. The Bertz CT molecular complexity index is 618. The fourth-order valence-electron chi connectivity index (χ4n) is 1.58. The number of nitrogens with one attached hydrogen (secondary N) is 1. The van der Waals surface area contributed by atoms with Crippen molar-refractivity contribution in [2.45, 2.75) is 26.9 Å². The number of nitrogens with zero attached hydrogens (tertiary/aromatic N) is 3. The van der Waals surface area contributed by atoms with Gasteiger partial charge in [0.2, 0.25) is 5.13 Å². The highest BCUT2D eigenvalue weighted by Crippen LogP contribution is 2.22. The average Bonchev–Trinajstić information content (AvgIpc) is 2.92. The van der Waals surface area contributed by atoms with Crippen molar-refractivity contribution >= 4 is 16.5 Å². The molecule has 6 heteroatoms. The van der Waals surface area contributed by atoms with E-state index in [1.165, 1.54) is 11.3 Å². The molecule has 1 aromatic carbocycles. The normalized spacial score (nSPS) is 10.1. The van der Waals surface area contributed by atoms with Crippen LogP contribution in [-0.4, -0.2) is 16.7 Å². The van der Waals surface area contributed by atoms with Crippen LogP contribution < -0.4 is 10.1 Å². The summed E-state index contributed by atoms with van der Waals surface area (Å²) in [6, 6.07) is 7.50. The van der Waals surface area contributed by atoms with Crippen LogP contribution in [0.4, 0.5) is 5.13 Å². The first-order valence-corrected chi connectivity index (χ1v) is 7.24. The van der Waals surface area contributed by atoms with E-state index < -0.39 is 0 Å². The van der Waals surface area contributed by atoms with Crippen LogP contribution in [-0.2, 0) is 6.61 Å². The summed E-state index contributed by atoms with van der Waals surface area (Å²) in [4.78, 5) is 0. The molecular formula is C14H16N4OS. The van der Waals surface area contributed by atoms with E-state index in [0.717, 1.165) is 28.7 Å². The molecule has 0 saturated heterocycles. The Morgan fingerprint density at radius 1 is 1.40 bits per heavy atom. The van der Waals surface area contributed by atoms with Gasteiger partial charge in [-0.25, -0.2) is 0 Å². The zero-order chi connectivity index (χ0) is 14.4. The van der Waals surface area contributed by atoms with Gasteiger partial charge in [0.15, 0.2) is 5.01 Å². The monoisotopic (exact) mass is 288 g/mol. The van der Waals surface area contributed by atoms with Crippen LogP contribution in [0.15, 0.2) is 18.2 Å². The molecule has 0 aliphatic carbocycles. The van der Waals surface area contributed by atoms with E-state index in [0.29, 0.717) is 17.9 Å². The molecule has 0 atom stereocenters. The quantitative estimate of drug-likeness (QED) is 0.884. The van der Waals surface area contributed by atoms with Gasteiger partial charge >= 0.3 is 0 Å². The van der Waals surface area contributed by atoms with Gasteiger partial charge in [-0.3, -0.25) is 0 Å². The molecule has 2 rings (SSSR count). The topological polar surface area (TPSA) is 70.8 Å². The largest absolute Gasteiger partial charge is 0.486 e. The Balaban J connectivity index is 1.98. The molecule has 0 bridgehead atoms. The Morgan fingerprint density at radius 3 is 3.00 bits per heavy atom. The maximum atomic E-state index is 8.89. The third-order valence-corrected chi connectivity index (χ3v) is 3.52. The van der Waals surface area contributed by atoms with Gasteiger partial charge in [0.05, 0.1) is 11.6 Å². The SMILES string of the molecule is CCCNc1nnc(COc2cc(C#N)ccc2C)s1. The highest BCUT2D eigenvalue weighted by Gasteiger charge is 2.06. The van der Waals surface area contributed by atoms with E-state index in [9.17, 15) is 0 Å². The summed E-state index contributed by atoms with van der Waals surface area (Å²) in [6.45, 7) is 5.30. The number of aromatic nitrogens is 2. The molecule has 0 fully saturated rings. The Morgan fingerprint density at radius 2 is 2.25 bits per heavy atom. The Labute approximate surface area is 122 Å². The number of nitriles is 1. The molecule has 0 spiro atoms. The third kappa shape index (κ3) is 3.68. The molecule has 0 aliphatic heterocycles. The van der Waals surface area contributed by atoms with Crippen molar-refractivity contribution in [2.75, 3.05) is 11.9 Å². The minimum absolute atomic E-state index is 0.362. The number of hydrogen-bond donors (Lipinski definition) is 1. The van der Waals surface area contributed by atoms with Crippen molar-refractivity contribution in [1.29, 1.82) is 5.26 Å². The summed E-state index contributed by atoms with van der Waals surface area (Å²) >= 11 is 1.48. The predicted octanol–water partition coefficient (Wildman–Crippen LogP) is 3.12. The molecular weight excluding hydrogens is 272 g/mol. The summed E-state index contributed by atoms with van der Waals surface area (Å²) in [5.41, 5.74) is 1.59. The highest BCUT2D eigenvalue weighted by molar-refractivity contribution is 7.15. The van der Waals surface area contributed by atoms with E-state index in [1.54, 1.807) is 12.1 Å². The van der Waals surface area contributed by atoms with E-state index in [4.69, 9.17) is 10.00 Å². The van der Waals surface area contributed by atoms with Crippen molar-refractivity contribution in [3.63, 3.8) is 0 Å². The number of ether oxygens (including phenoxy) is 1. The van der Waals surface area contributed by atoms with Gasteiger partial charge in [0.1, 0.15) is 12.4 Å². The van der Waals surface area contributed by atoms with Crippen LogP contribution in [0.2, 0.25) is 0 Å². The molecule has 1 heterocycles. The van der Waals surface area contributed by atoms with Crippen LogP contribution in [0.5, 0.6) is 5.75 Å². The van der Waals surface area contributed by atoms with Crippen LogP contribution in [0.3, 0.4) is 0 Å². The smallest absolute Gasteiger partial charge is 0.205 e. The second-order valence-corrected chi connectivity index (χ2v) is 5.37. The van der Waals surface area contributed by atoms with Crippen molar-refractivity contribution < 1.29 is 4.74 Å². The van der Waals surface area contributed by atoms with Crippen LogP contribution in [0.25, 0.3) is 0 Å². The molecule has 0 amide bonds. The van der Waals surface area contributed by atoms with Crippen LogP contribution in [0, 0.1) is 18.3 Å². The Hall–Kier alpha value is -2.13. The van der Waals surface area contributed by atoms with E-state index in [2.05, 4.69) is 28.5 Å². The summed E-state index contributed by atoms with van der Waals surface area (Å²) in [5, 5.41) is 21.8. The summed E-state index contributed by atoms with van der Waals surface area (Å²) in [7, 11) is 0. The predicted molar refractivity (Wildman–Crippen MR) is 78.9 cm³/mol. The third-order valence-electron chi connectivity index (χ3n) is 2.66. The van der Waals surface area contributed by atoms with E-state index in [1.807, 2.05) is 13.0 Å².